The van der Waals surface area contributed by atoms with E-state index in [-0.39, 0.29) is 7.24 Å². The van der Waals surface area contributed by atoms with Gasteiger partial charge in [0.2, 0.25) is 5.95 Å². The van der Waals surface area contributed by atoms with Gasteiger partial charge in [0.05, 0.1) is 24.9 Å². The molecule has 0 spiro atoms. The van der Waals surface area contributed by atoms with E-state index < -0.39 is 0 Å². The Kier molecular flexibility index (Phi) is 5.23. The van der Waals surface area contributed by atoms with Crippen molar-refractivity contribution in [1.29, 1.82) is 0 Å². The van der Waals surface area contributed by atoms with Crippen LogP contribution in [0.3, 0.4) is 0 Å². The highest BCUT2D eigenvalue weighted by atomic mass is 19.1. The highest BCUT2D eigenvalue weighted by molar-refractivity contribution is 5.56. The first kappa shape index (κ1) is 19.2. The third kappa shape index (κ3) is 4.08. The van der Waals surface area contributed by atoms with Gasteiger partial charge in [-0.2, -0.15) is 4.98 Å². The summed E-state index contributed by atoms with van der Waals surface area (Å²) in [5.41, 5.74) is 4.18. The molecule has 1 N–H and O–H groups in total. The van der Waals surface area contributed by atoms with Crippen molar-refractivity contribution in [3.8, 4) is 5.69 Å². The third-order valence-corrected chi connectivity index (χ3v) is 5.98. The Balaban J connectivity index is 0.00000231. The molecule has 158 valence electrons. The average Bonchev–Trinajstić information content (AvgIpc) is 3.15. The summed E-state index contributed by atoms with van der Waals surface area (Å²) < 4.78 is 20.4. The number of aryl methyl sites for hydroxylation is 1. The van der Waals surface area contributed by atoms with E-state index in [1.54, 1.807) is 23.1 Å². The lowest BCUT2D eigenvalue weighted by atomic mass is 9.88. The Hall–Kier alpha value is -2.77. The Morgan fingerprint density at radius 2 is 2.10 bits per heavy atom. The highest BCUT2D eigenvalue weighted by Crippen LogP contribution is 2.32. The van der Waals surface area contributed by atoms with E-state index in [0.717, 1.165) is 25.4 Å². The number of likely N-dealkylation sites (tertiary alicyclic amines) is 1. The van der Waals surface area contributed by atoms with Crippen LogP contribution < -0.4 is 5.32 Å². The fourth-order valence-electron chi connectivity index (χ4n) is 4.36. The molecule has 5 rings (SSSR count). The molecule has 1 unspecified atom stereocenters. The zero-order valence-electron chi connectivity index (χ0n) is 17.1. The summed E-state index contributed by atoms with van der Waals surface area (Å²) in [6.07, 6.45) is 4.02. The molecule has 1 atom stereocenters. The number of nitrogens with one attached hydrogen (secondary N) is 1. The zero-order chi connectivity index (χ0) is 20.5. The van der Waals surface area contributed by atoms with Crippen molar-refractivity contribution in [3.05, 3.63) is 65.7 Å². The van der Waals surface area contributed by atoms with Crippen molar-refractivity contribution in [2.24, 2.45) is 0 Å². The molecule has 2 aromatic carbocycles. The molecule has 7 heteroatoms. The number of halogens is 1. The van der Waals surface area contributed by atoms with Gasteiger partial charge in [-0.05, 0) is 73.7 Å². The van der Waals surface area contributed by atoms with Crippen LogP contribution in [0.4, 0.5) is 16.0 Å². The van der Waals surface area contributed by atoms with Crippen LogP contribution in [0.25, 0.3) is 5.69 Å². The first-order valence-corrected chi connectivity index (χ1v) is 10.5. The fourth-order valence-corrected chi connectivity index (χ4v) is 4.36. The summed E-state index contributed by atoms with van der Waals surface area (Å²) in [7, 11) is 0. The predicted molar refractivity (Wildman–Crippen MR) is 116 cm³/mol. The second-order valence-electron chi connectivity index (χ2n) is 8.28. The zero-order valence-corrected chi connectivity index (χ0v) is 17.1. The molecule has 2 aliphatic heterocycles. The molecular formula is C23H28FN5O. The van der Waals surface area contributed by atoms with Crippen LogP contribution in [-0.4, -0.2) is 52.0 Å². The lowest BCUT2D eigenvalue weighted by Crippen LogP contribution is -2.52. The number of benzene rings is 2. The normalized spacial score (nSPS) is 20.1. The molecule has 0 amide bonds. The summed E-state index contributed by atoms with van der Waals surface area (Å²) in [5.74, 6) is 0.723. The Morgan fingerprint density at radius 1 is 1.20 bits per heavy atom. The molecule has 6 nitrogen and oxygen atoms in total. The van der Waals surface area contributed by atoms with Crippen LogP contribution >= 0.6 is 0 Å². The van der Waals surface area contributed by atoms with Gasteiger partial charge in [0.25, 0.3) is 0 Å². The number of nitrogens with zero attached hydrogens (tertiary/aromatic N) is 4. The second-order valence-corrected chi connectivity index (χ2v) is 8.28. The first-order chi connectivity index (χ1) is 14.6. The van der Waals surface area contributed by atoms with Gasteiger partial charge < -0.3 is 10.1 Å². The van der Waals surface area contributed by atoms with Crippen LogP contribution in [0.5, 0.6) is 0 Å². The van der Waals surface area contributed by atoms with Crippen molar-refractivity contribution in [2.45, 2.75) is 31.7 Å². The summed E-state index contributed by atoms with van der Waals surface area (Å²) in [6.45, 7) is 6.11. The fraction of sp³-hybridized carbons (Fsp3) is 0.391. The summed E-state index contributed by atoms with van der Waals surface area (Å²) in [6, 6.07) is 13.5. The van der Waals surface area contributed by atoms with Crippen LogP contribution in [0.2, 0.25) is 0 Å². The molecule has 0 radical (unpaired) electrons. The molecule has 0 bridgehead atoms. The Labute approximate surface area is 177 Å². The van der Waals surface area contributed by atoms with Crippen LogP contribution in [0, 0.1) is 12.7 Å². The Bertz CT molecular complexity index is 1040. The molecule has 2 fully saturated rings. The molecule has 0 aliphatic carbocycles. The molecule has 30 heavy (non-hydrogen) atoms. The van der Waals surface area contributed by atoms with Gasteiger partial charge in [0.15, 0.2) is 0 Å². The largest absolute Gasteiger partial charge is 0.378 e. The lowest BCUT2D eigenvalue weighted by Gasteiger charge is -2.42. The summed E-state index contributed by atoms with van der Waals surface area (Å²) in [4.78, 5) is 6.92. The van der Waals surface area contributed by atoms with Crippen molar-refractivity contribution in [3.63, 3.8) is 0 Å². The van der Waals surface area contributed by atoms with Gasteiger partial charge in [0.1, 0.15) is 12.1 Å². The van der Waals surface area contributed by atoms with Gasteiger partial charge in [-0.25, -0.2) is 9.07 Å². The molecule has 1 aromatic heterocycles. The standard InChI is InChI=1S/C23H26FN5O.H2/c1-16-8-18(17-4-3-7-28(12-17)22-13-30-14-22)10-20(9-16)26-23-25-15-29(27-23)21-6-2-5-19(24)11-21;/h2,5-6,8-11,15,17,22H,3-4,7,12-14H2,1H3,(H,26,27);1H. The van der Waals surface area contributed by atoms with Gasteiger partial charge in [-0.1, -0.05) is 12.1 Å². The van der Waals surface area contributed by atoms with Crippen molar-refractivity contribution < 1.29 is 10.6 Å². The number of hydrogen-bond donors (Lipinski definition) is 1. The number of ether oxygens (including phenoxy) is 1. The van der Waals surface area contributed by atoms with E-state index in [1.165, 1.54) is 42.6 Å². The van der Waals surface area contributed by atoms with Crippen molar-refractivity contribution >= 4 is 11.6 Å². The van der Waals surface area contributed by atoms with Crippen molar-refractivity contribution in [1.82, 2.24) is 19.7 Å². The third-order valence-electron chi connectivity index (χ3n) is 5.98. The summed E-state index contributed by atoms with van der Waals surface area (Å²) in [5, 5.41) is 7.76. The van der Waals surface area contributed by atoms with Gasteiger partial charge >= 0.3 is 0 Å². The van der Waals surface area contributed by atoms with Crippen LogP contribution in [0.15, 0.2) is 48.8 Å². The summed E-state index contributed by atoms with van der Waals surface area (Å²) >= 11 is 0. The molecule has 2 saturated heterocycles. The maximum absolute atomic E-state index is 13.5. The van der Waals surface area contributed by atoms with E-state index >= 15 is 0 Å². The number of aromatic nitrogens is 3. The number of hydrogen-bond acceptors (Lipinski definition) is 5. The topological polar surface area (TPSA) is 55.2 Å². The second kappa shape index (κ2) is 8.16. The first-order valence-electron chi connectivity index (χ1n) is 10.5. The van der Waals surface area contributed by atoms with Crippen LogP contribution in [-0.2, 0) is 4.74 Å². The quantitative estimate of drug-likeness (QED) is 0.682. The minimum atomic E-state index is -0.296. The maximum Gasteiger partial charge on any atom is 0.246 e. The van der Waals surface area contributed by atoms with Crippen molar-refractivity contribution in [2.75, 3.05) is 31.6 Å². The SMILES string of the molecule is Cc1cc(Nc2ncn(-c3cccc(F)c3)n2)cc(C2CCCN(C3COC3)C2)c1.[HH]. The van der Waals surface area contributed by atoms with E-state index in [2.05, 4.69) is 45.4 Å². The number of anilines is 2. The Morgan fingerprint density at radius 3 is 2.90 bits per heavy atom. The van der Waals surface area contributed by atoms with Gasteiger partial charge in [-0.15, -0.1) is 5.10 Å². The minimum Gasteiger partial charge on any atom is -0.378 e. The lowest BCUT2D eigenvalue weighted by molar-refractivity contribution is -0.0721. The molecular weight excluding hydrogens is 381 g/mol. The smallest absolute Gasteiger partial charge is 0.246 e. The monoisotopic (exact) mass is 409 g/mol. The number of piperidine rings is 1. The van der Waals surface area contributed by atoms with Gasteiger partial charge in [0, 0.05) is 13.7 Å². The minimum absolute atomic E-state index is 0. The highest BCUT2D eigenvalue weighted by Gasteiger charge is 2.31. The molecule has 3 heterocycles. The molecule has 3 aromatic rings. The predicted octanol–water partition coefficient (Wildman–Crippen LogP) is 4.28. The molecule has 0 saturated carbocycles. The van der Waals surface area contributed by atoms with E-state index in [4.69, 9.17) is 4.74 Å². The average molecular weight is 410 g/mol. The molecule has 2 aliphatic rings. The number of rotatable bonds is 5. The maximum atomic E-state index is 13.5. The van der Waals surface area contributed by atoms with E-state index in [9.17, 15) is 4.39 Å². The van der Waals surface area contributed by atoms with Crippen LogP contribution in [0.1, 0.15) is 31.3 Å². The van der Waals surface area contributed by atoms with E-state index in [0.29, 0.717) is 23.6 Å². The van der Waals surface area contributed by atoms with Gasteiger partial charge in [-0.3, -0.25) is 4.90 Å². The van der Waals surface area contributed by atoms with E-state index in [1.807, 2.05) is 0 Å².